The van der Waals surface area contributed by atoms with Crippen LogP contribution in [0.3, 0.4) is 0 Å². The number of hydrogen-bond acceptors (Lipinski definition) is 4. The molecule has 3 N–H and O–H groups in total. The Bertz CT molecular complexity index is 591. The topological polar surface area (TPSA) is 107 Å². The summed E-state index contributed by atoms with van der Waals surface area (Å²) in [5.74, 6) is -2.40. The third kappa shape index (κ3) is 3.01. The van der Waals surface area contributed by atoms with Crippen LogP contribution in [0.15, 0.2) is 18.2 Å². The number of anilines is 1. The van der Waals surface area contributed by atoms with Gasteiger partial charge in [0.05, 0.1) is 0 Å². The molecule has 0 spiro atoms. The van der Waals surface area contributed by atoms with E-state index in [1.807, 2.05) is 32.0 Å². The van der Waals surface area contributed by atoms with Gasteiger partial charge in [-0.15, -0.1) is 11.8 Å². The lowest BCUT2D eigenvalue weighted by Gasteiger charge is -2.25. The Kier molecular flexibility index (Phi) is 4.60. The van der Waals surface area contributed by atoms with Crippen LogP contribution in [0, 0.1) is 13.8 Å². The molecule has 2 rings (SSSR count). The second-order valence-electron chi connectivity index (χ2n) is 4.98. The molecular weight excluding hydrogens is 308 g/mol. The first-order valence-electron chi connectivity index (χ1n) is 6.55. The first-order chi connectivity index (χ1) is 10.3. The fourth-order valence-electron chi connectivity index (χ4n) is 2.32. The van der Waals surface area contributed by atoms with E-state index in [1.165, 1.54) is 0 Å². The van der Waals surface area contributed by atoms with Gasteiger partial charge in [0, 0.05) is 11.4 Å². The highest BCUT2D eigenvalue weighted by Gasteiger charge is 2.45. The van der Waals surface area contributed by atoms with Crippen molar-refractivity contribution in [3.63, 3.8) is 0 Å². The minimum Gasteiger partial charge on any atom is -0.480 e. The predicted octanol–water partition coefficient (Wildman–Crippen LogP) is 1.75. The molecular formula is C14H16N2O5S. The number of carboxylic acid groups (broad SMARTS) is 2. The summed E-state index contributed by atoms with van der Waals surface area (Å²) >= 11 is 0.927. The average molecular weight is 324 g/mol. The molecule has 0 unspecified atom stereocenters. The summed E-state index contributed by atoms with van der Waals surface area (Å²) in [7, 11) is 0. The van der Waals surface area contributed by atoms with Gasteiger partial charge in [0.2, 0.25) is 0 Å². The lowest BCUT2D eigenvalue weighted by molar-refractivity contribution is -0.143. The molecule has 0 aromatic heterocycles. The number of nitrogens with one attached hydrogen (secondary N) is 1. The maximum Gasteiger partial charge on any atom is 0.337 e. The van der Waals surface area contributed by atoms with Crippen molar-refractivity contribution in [1.29, 1.82) is 0 Å². The van der Waals surface area contributed by atoms with Gasteiger partial charge in [-0.1, -0.05) is 18.2 Å². The maximum absolute atomic E-state index is 12.4. The average Bonchev–Trinajstić information content (AvgIpc) is 2.88. The molecule has 0 radical (unpaired) electrons. The summed E-state index contributed by atoms with van der Waals surface area (Å²) in [5, 5.41) is 19.8. The molecule has 1 fully saturated rings. The summed E-state index contributed by atoms with van der Waals surface area (Å²) in [4.78, 5) is 35.8. The van der Waals surface area contributed by atoms with E-state index >= 15 is 0 Å². The molecule has 1 aliphatic heterocycles. The number of thioether (sulfide) groups is 1. The molecule has 22 heavy (non-hydrogen) atoms. The van der Waals surface area contributed by atoms with E-state index in [9.17, 15) is 24.6 Å². The summed E-state index contributed by atoms with van der Waals surface area (Å²) < 4.78 is 0. The standard InChI is InChI=1S/C14H16N2O5S/c1-7-4-3-5-8(2)10(7)15-14(21)16-9(12(17)18)6-22-11(16)13(19)20/h3-5,9,11H,6H2,1-2H3,(H,15,21)(H,17,18)(H,19,20)/t9-,11-/m1/s1. The first kappa shape index (κ1) is 16.2. The van der Waals surface area contributed by atoms with Crippen molar-refractivity contribution < 1.29 is 24.6 Å². The first-order valence-corrected chi connectivity index (χ1v) is 7.60. The number of carbonyl (C=O) groups is 3. The Morgan fingerprint density at radius 3 is 2.27 bits per heavy atom. The summed E-state index contributed by atoms with van der Waals surface area (Å²) in [6, 6.07) is 3.58. The van der Waals surface area contributed by atoms with Gasteiger partial charge in [-0.2, -0.15) is 0 Å². The van der Waals surface area contributed by atoms with Crippen LogP contribution in [0.25, 0.3) is 0 Å². The van der Waals surface area contributed by atoms with Crippen molar-refractivity contribution in [3.05, 3.63) is 29.3 Å². The number of aryl methyl sites for hydroxylation is 2. The zero-order valence-corrected chi connectivity index (χ0v) is 12.9. The monoisotopic (exact) mass is 324 g/mol. The highest BCUT2D eigenvalue weighted by molar-refractivity contribution is 8.00. The Morgan fingerprint density at radius 2 is 1.77 bits per heavy atom. The molecule has 1 aromatic rings. The van der Waals surface area contributed by atoms with Crippen molar-refractivity contribution in [3.8, 4) is 0 Å². The Balaban J connectivity index is 2.28. The zero-order valence-electron chi connectivity index (χ0n) is 12.1. The SMILES string of the molecule is Cc1cccc(C)c1NC(=O)N1[C@@H](C(=O)O)CS[C@@H]1C(=O)O. The van der Waals surface area contributed by atoms with E-state index in [4.69, 9.17) is 0 Å². The van der Waals surface area contributed by atoms with Crippen molar-refractivity contribution >= 4 is 35.4 Å². The van der Waals surface area contributed by atoms with E-state index in [1.54, 1.807) is 0 Å². The third-order valence-electron chi connectivity index (χ3n) is 3.44. The largest absolute Gasteiger partial charge is 0.480 e. The van der Waals surface area contributed by atoms with Gasteiger partial charge in [-0.25, -0.2) is 14.4 Å². The third-order valence-corrected chi connectivity index (χ3v) is 4.70. The number of para-hydroxylation sites is 1. The van der Waals surface area contributed by atoms with Gasteiger partial charge >= 0.3 is 18.0 Å². The minimum absolute atomic E-state index is 0.0481. The van der Waals surface area contributed by atoms with Crippen LogP contribution >= 0.6 is 11.8 Å². The van der Waals surface area contributed by atoms with Crippen LogP contribution in [0.2, 0.25) is 0 Å². The van der Waals surface area contributed by atoms with Gasteiger partial charge in [-0.3, -0.25) is 4.90 Å². The van der Waals surface area contributed by atoms with Gasteiger partial charge in [0.15, 0.2) is 5.37 Å². The van der Waals surface area contributed by atoms with Crippen LogP contribution in [0.5, 0.6) is 0 Å². The molecule has 1 aromatic carbocycles. The molecule has 2 atom stereocenters. The summed E-state index contributed by atoms with van der Waals surface area (Å²) in [5.41, 5.74) is 2.20. The molecule has 2 amide bonds. The van der Waals surface area contributed by atoms with E-state index in [2.05, 4.69) is 5.32 Å². The normalized spacial score (nSPS) is 20.7. The van der Waals surface area contributed by atoms with Gasteiger partial charge < -0.3 is 15.5 Å². The molecule has 1 saturated heterocycles. The number of nitrogens with zero attached hydrogens (tertiary/aromatic N) is 1. The van der Waals surface area contributed by atoms with E-state index < -0.39 is 29.4 Å². The zero-order chi connectivity index (χ0) is 16.4. The molecule has 118 valence electrons. The fourth-order valence-corrected chi connectivity index (χ4v) is 3.53. The quantitative estimate of drug-likeness (QED) is 0.782. The van der Waals surface area contributed by atoms with Gasteiger partial charge in [-0.05, 0) is 25.0 Å². The fraction of sp³-hybridized carbons (Fsp3) is 0.357. The van der Waals surface area contributed by atoms with E-state index in [-0.39, 0.29) is 5.75 Å². The van der Waals surface area contributed by atoms with Crippen molar-refractivity contribution in [2.24, 2.45) is 0 Å². The predicted molar refractivity (Wildman–Crippen MR) is 82.1 cm³/mol. The molecule has 0 saturated carbocycles. The number of carboxylic acids is 2. The van der Waals surface area contributed by atoms with Crippen molar-refractivity contribution in [2.45, 2.75) is 25.3 Å². The highest BCUT2D eigenvalue weighted by atomic mass is 32.2. The molecule has 8 heteroatoms. The van der Waals surface area contributed by atoms with Crippen LogP contribution in [0.4, 0.5) is 10.5 Å². The molecule has 0 bridgehead atoms. The number of aliphatic carboxylic acids is 2. The van der Waals surface area contributed by atoms with E-state index in [0.29, 0.717) is 5.69 Å². The number of hydrogen-bond donors (Lipinski definition) is 3. The maximum atomic E-state index is 12.4. The summed E-state index contributed by atoms with van der Waals surface area (Å²) in [6.45, 7) is 3.62. The molecule has 0 aliphatic carbocycles. The lowest BCUT2D eigenvalue weighted by atomic mass is 10.1. The van der Waals surface area contributed by atoms with Gasteiger partial charge in [0.1, 0.15) is 6.04 Å². The Hall–Kier alpha value is -2.22. The molecule has 1 aliphatic rings. The van der Waals surface area contributed by atoms with Crippen LogP contribution in [0.1, 0.15) is 11.1 Å². The number of urea groups is 1. The van der Waals surface area contributed by atoms with Crippen molar-refractivity contribution in [2.75, 3.05) is 11.1 Å². The van der Waals surface area contributed by atoms with Crippen LogP contribution < -0.4 is 5.32 Å². The highest BCUT2D eigenvalue weighted by Crippen LogP contribution is 2.31. The van der Waals surface area contributed by atoms with Crippen LogP contribution in [-0.2, 0) is 9.59 Å². The number of carbonyl (C=O) groups excluding carboxylic acids is 1. The number of rotatable bonds is 3. The second kappa shape index (κ2) is 6.27. The number of amides is 2. The van der Waals surface area contributed by atoms with Crippen LogP contribution in [-0.4, -0.2) is 50.3 Å². The van der Waals surface area contributed by atoms with Crippen molar-refractivity contribution in [1.82, 2.24) is 4.90 Å². The Morgan fingerprint density at radius 1 is 1.18 bits per heavy atom. The lowest BCUT2D eigenvalue weighted by Crippen LogP contribution is -2.50. The smallest absolute Gasteiger partial charge is 0.337 e. The second-order valence-corrected chi connectivity index (χ2v) is 6.10. The summed E-state index contributed by atoms with van der Waals surface area (Å²) in [6.07, 6.45) is 0. The number of benzene rings is 1. The minimum atomic E-state index is -1.23. The van der Waals surface area contributed by atoms with E-state index in [0.717, 1.165) is 27.8 Å². The Labute approximate surface area is 131 Å². The van der Waals surface area contributed by atoms with Gasteiger partial charge in [0.25, 0.3) is 0 Å². The molecule has 1 heterocycles. The molecule has 7 nitrogen and oxygen atoms in total.